The van der Waals surface area contributed by atoms with Crippen molar-refractivity contribution in [1.82, 2.24) is 15.0 Å². The first-order chi connectivity index (χ1) is 11.7. The van der Waals surface area contributed by atoms with Crippen LogP contribution in [0.5, 0.6) is 0 Å². The van der Waals surface area contributed by atoms with Crippen LogP contribution in [0.1, 0.15) is 57.3 Å². The Morgan fingerprint density at radius 1 is 1.42 bits per heavy atom. The van der Waals surface area contributed by atoms with Crippen molar-refractivity contribution in [3.63, 3.8) is 0 Å². The first-order valence-electron chi connectivity index (χ1n) is 8.97. The monoisotopic (exact) mass is 337 g/mol. The first kappa shape index (κ1) is 17.5. The molecule has 1 aliphatic heterocycles. The molecule has 0 unspecified atom stereocenters. The van der Waals surface area contributed by atoms with Gasteiger partial charge in [-0.3, -0.25) is 9.69 Å². The Morgan fingerprint density at radius 2 is 2.29 bits per heavy atom. The van der Waals surface area contributed by atoms with E-state index >= 15 is 0 Å². The second kappa shape index (κ2) is 8.18. The van der Waals surface area contributed by atoms with Gasteiger partial charge in [0.2, 0.25) is 5.89 Å². The van der Waals surface area contributed by atoms with E-state index in [1.165, 1.54) is 0 Å². The van der Waals surface area contributed by atoms with Crippen LogP contribution in [0.3, 0.4) is 0 Å². The summed E-state index contributed by atoms with van der Waals surface area (Å²) in [6.07, 6.45) is 3.63. The number of Topliss-reactive ketones (excluding diaryl/α,β-unsaturated/α-hetero) is 1. The van der Waals surface area contributed by atoms with Crippen LogP contribution in [-0.4, -0.2) is 53.2 Å². The minimum absolute atomic E-state index is 0.0730. The smallest absolute Gasteiger partial charge is 0.240 e. The van der Waals surface area contributed by atoms with E-state index in [2.05, 4.69) is 15.0 Å². The third-order valence-corrected chi connectivity index (χ3v) is 4.95. The normalized spacial score (nSPS) is 27.3. The average molecular weight is 337 g/mol. The minimum Gasteiger partial charge on any atom is -0.378 e. The van der Waals surface area contributed by atoms with E-state index in [4.69, 9.17) is 14.0 Å². The van der Waals surface area contributed by atoms with Gasteiger partial charge in [0.05, 0.1) is 19.8 Å². The molecule has 1 aliphatic carbocycles. The van der Waals surface area contributed by atoms with Crippen LogP contribution in [0.15, 0.2) is 4.52 Å². The molecule has 0 bridgehead atoms. The number of hydrogen-bond donors (Lipinski definition) is 0. The van der Waals surface area contributed by atoms with E-state index in [0.717, 1.165) is 25.8 Å². The topological polar surface area (TPSA) is 77.7 Å². The first-order valence-corrected chi connectivity index (χ1v) is 8.97. The van der Waals surface area contributed by atoms with Crippen molar-refractivity contribution in [2.45, 2.75) is 58.2 Å². The molecule has 2 aliphatic rings. The van der Waals surface area contributed by atoms with Gasteiger partial charge < -0.3 is 14.0 Å². The number of morpholine rings is 1. The highest BCUT2D eigenvalue weighted by molar-refractivity contribution is 5.82. The van der Waals surface area contributed by atoms with Crippen LogP contribution in [0.2, 0.25) is 0 Å². The van der Waals surface area contributed by atoms with Crippen molar-refractivity contribution in [2.24, 2.45) is 5.92 Å². The largest absolute Gasteiger partial charge is 0.378 e. The molecule has 3 atom stereocenters. The number of hydrogen-bond acceptors (Lipinski definition) is 7. The minimum atomic E-state index is -0.173. The molecule has 0 aromatic carbocycles. The van der Waals surface area contributed by atoms with E-state index in [1.807, 2.05) is 13.8 Å². The van der Waals surface area contributed by atoms with Gasteiger partial charge in [-0.15, -0.1) is 0 Å². The van der Waals surface area contributed by atoms with E-state index in [-0.39, 0.29) is 18.1 Å². The van der Waals surface area contributed by atoms with Crippen molar-refractivity contribution < 1.29 is 18.8 Å². The molecule has 24 heavy (non-hydrogen) atoms. The Labute approximate surface area is 142 Å². The fourth-order valence-corrected chi connectivity index (χ4v) is 3.64. The summed E-state index contributed by atoms with van der Waals surface area (Å²) >= 11 is 0. The van der Waals surface area contributed by atoms with E-state index in [0.29, 0.717) is 50.3 Å². The van der Waals surface area contributed by atoms with Crippen molar-refractivity contribution >= 4 is 5.78 Å². The average Bonchev–Trinajstić information content (AvgIpc) is 3.05. The quantitative estimate of drug-likeness (QED) is 0.787. The van der Waals surface area contributed by atoms with E-state index in [1.54, 1.807) is 0 Å². The van der Waals surface area contributed by atoms with Crippen LogP contribution < -0.4 is 0 Å². The zero-order chi connectivity index (χ0) is 16.9. The van der Waals surface area contributed by atoms with Gasteiger partial charge in [-0.1, -0.05) is 11.6 Å². The van der Waals surface area contributed by atoms with E-state index in [9.17, 15) is 4.79 Å². The Balaban J connectivity index is 1.66. The highest BCUT2D eigenvalue weighted by Gasteiger charge is 2.36. The highest BCUT2D eigenvalue weighted by atomic mass is 16.5. The Kier molecular flexibility index (Phi) is 5.97. The zero-order valence-corrected chi connectivity index (χ0v) is 14.6. The van der Waals surface area contributed by atoms with Gasteiger partial charge >= 0.3 is 0 Å². The SMILES string of the molecule is CCO[C@H](C)c1noc(CN2CCOC[C@H]2[C@@H]2CCCCC2=O)n1. The maximum Gasteiger partial charge on any atom is 0.240 e. The van der Waals surface area contributed by atoms with Crippen molar-refractivity contribution in [3.8, 4) is 0 Å². The molecule has 3 rings (SSSR count). The van der Waals surface area contributed by atoms with Crippen molar-refractivity contribution in [1.29, 1.82) is 0 Å². The Bertz CT molecular complexity index is 548. The number of ketones is 1. The lowest BCUT2D eigenvalue weighted by molar-refractivity contribution is -0.131. The summed E-state index contributed by atoms with van der Waals surface area (Å²) in [6, 6.07) is 0.117. The Hall–Kier alpha value is -1.31. The lowest BCUT2D eigenvalue weighted by atomic mass is 9.82. The molecule has 2 heterocycles. The van der Waals surface area contributed by atoms with Gasteiger partial charge in [-0.25, -0.2) is 0 Å². The highest BCUT2D eigenvalue weighted by Crippen LogP contribution is 2.29. The molecular weight excluding hydrogens is 310 g/mol. The molecule has 1 aromatic heterocycles. The number of aromatic nitrogens is 2. The summed E-state index contributed by atoms with van der Waals surface area (Å²) in [5.41, 5.74) is 0. The summed E-state index contributed by atoms with van der Waals surface area (Å²) in [7, 11) is 0. The molecule has 1 aromatic rings. The lowest BCUT2D eigenvalue weighted by Crippen LogP contribution is -2.51. The molecule has 0 N–H and O–H groups in total. The number of rotatable bonds is 6. The maximum absolute atomic E-state index is 12.3. The molecule has 7 heteroatoms. The van der Waals surface area contributed by atoms with Crippen LogP contribution in [0.25, 0.3) is 0 Å². The van der Waals surface area contributed by atoms with Gasteiger partial charge in [-0.2, -0.15) is 4.98 Å². The van der Waals surface area contributed by atoms with Crippen molar-refractivity contribution in [2.75, 3.05) is 26.4 Å². The van der Waals surface area contributed by atoms with Gasteiger partial charge in [0.15, 0.2) is 5.82 Å². The van der Waals surface area contributed by atoms with Gasteiger partial charge in [0, 0.05) is 31.5 Å². The lowest BCUT2D eigenvalue weighted by Gasteiger charge is -2.40. The summed E-state index contributed by atoms with van der Waals surface area (Å²) in [6.45, 7) is 7.09. The van der Waals surface area contributed by atoms with Crippen LogP contribution in [0, 0.1) is 5.92 Å². The van der Waals surface area contributed by atoms with Gasteiger partial charge in [0.25, 0.3) is 0 Å². The van der Waals surface area contributed by atoms with Crippen LogP contribution >= 0.6 is 0 Å². The molecule has 2 fully saturated rings. The predicted molar refractivity (Wildman–Crippen MR) is 86.3 cm³/mol. The third-order valence-electron chi connectivity index (χ3n) is 4.95. The molecular formula is C17H27N3O4. The van der Waals surface area contributed by atoms with Crippen LogP contribution in [0.4, 0.5) is 0 Å². The summed E-state index contributed by atoms with van der Waals surface area (Å²) < 4.78 is 16.5. The fourth-order valence-electron chi connectivity index (χ4n) is 3.64. The molecule has 0 radical (unpaired) electrons. The maximum atomic E-state index is 12.3. The Morgan fingerprint density at radius 3 is 3.08 bits per heavy atom. The van der Waals surface area contributed by atoms with Gasteiger partial charge in [-0.05, 0) is 26.7 Å². The standard InChI is InChI=1S/C17H27N3O4/c1-3-23-12(2)17-18-16(24-19-17)10-20-8-9-22-11-14(20)13-6-4-5-7-15(13)21/h12-14H,3-11H2,1-2H3/t12-,13+,14+/m1/s1. The van der Waals surface area contributed by atoms with E-state index < -0.39 is 0 Å². The molecule has 1 saturated heterocycles. The summed E-state index contributed by atoms with van der Waals surface area (Å²) in [5.74, 6) is 1.60. The molecule has 1 saturated carbocycles. The van der Waals surface area contributed by atoms with Crippen molar-refractivity contribution in [3.05, 3.63) is 11.7 Å². The predicted octanol–water partition coefficient (Wildman–Crippen LogP) is 2.13. The number of nitrogens with zero attached hydrogens (tertiary/aromatic N) is 3. The molecule has 0 amide bonds. The number of carbonyl (C=O) groups excluding carboxylic acids is 1. The molecule has 0 spiro atoms. The summed E-state index contributed by atoms with van der Waals surface area (Å²) in [4.78, 5) is 19.0. The fraction of sp³-hybridized carbons (Fsp3) is 0.824. The second-order valence-electron chi connectivity index (χ2n) is 6.58. The number of ether oxygens (including phenoxy) is 2. The molecule has 7 nitrogen and oxygen atoms in total. The zero-order valence-electron chi connectivity index (χ0n) is 14.6. The third kappa shape index (κ3) is 4.02. The number of carbonyl (C=O) groups is 1. The van der Waals surface area contributed by atoms with Gasteiger partial charge in [0.1, 0.15) is 11.9 Å². The van der Waals surface area contributed by atoms with Crippen LogP contribution in [-0.2, 0) is 20.8 Å². The summed E-state index contributed by atoms with van der Waals surface area (Å²) in [5, 5.41) is 4.02. The second-order valence-corrected chi connectivity index (χ2v) is 6.58. The molecule has 134 valence electrons.